The molecule has 0 aromatic heterocycles. The van der Waals surface area contributed by atoms with E-state index in [1.165, 1.54) is 24.3 Å². The molecule has 34 heavy (non-hydrogen) atoms. The molecule has 4 atom stereocenters. The van der Waals surface area contributed by atoms with Crippen molar-refractivity contribution in [2.75, 3.05) is 5.75 Å². The molecular weight excluding hydrogens is 466 g/mol. The maximum Gasteiger partial charge on any atom is 0.326 e. The number of primary amides is 1. The van der Waals surface area contributed by atoms with Crippen molar-refractivity contribution in [2.45, 2.75) is 50.9 Å². The second-order valence-corrected chi connectivity index (χ2v) is 8.38. The molecule has 0 saturated carbocycles. The summed E-state index contributed by atoms with van der Waals surface area (Å²) in [5.74, 6) is -4.93. The number of carboxylic acid groups (broad SMARTS) is 1. The van der Waals surface area contributed by atoms with Crippen LogP contribution in [-0.2, 0) is 30.4 Å². The Morgan fingerprint density at radius 3 is 1.88 bits per heavy atom. The van der Waals surface area contributed by atoms with Gasteiger partial charge in [0.1, 0.15) is 23.9 Å². The third-order valence-corrected chi connectivity index (χ3v) is 5.23. The van der Waals surface area contributed by atoms with Gasteiger partial charge in [-0.3, -0.25) is 19.2 Å². The number of phenolic OH excluding ortho intramolecular Hbond substituents is 1. The summed E-state index contributed by atoms with van der Waals surface area (Å²) in [6.07, 6.45) is -0.733. The zero-order valence-corrected chi connectivity index (χ0v) is 19.7. The molecule has 0 aliphatic heterocycles. The first-order valence-corrected chi connectivity index (χ1v) is 11.1. The molecule has 0 fully saturated rings. The van der Waals surface area contributed by atoms with Gasteiger partial charge in [-0.1, -0.05) is 26.0 Å². The number of aromatic hydroxyl groups is 1. The van der Waals surface area contributed by atoms with Crippen molar-refractivity contribution in [3.05, 3.63) is 29.8 Å². The molecule has 0 aliphatic carbocycles. The van der Waals surface area contributed by atoms with E-state index >= 15 is 0 Å². The van der Waals surface area contributed by atoms with Gasteiger partial charge in [0.15, 0.2) is 0 Å². The SMILES string of the molecule is CC(C)C(N)C(=O)NC(CS)C(=O)NC(Cc1ccc(O)cc1)C(=O)NC(CC(N)=O)C(=O)O. The Hall–Kier alpha value is -3.32. The van der Waals surface area contributed by atoms with E-state index in [1.807, 2.05) is 0 Å². The number of carbonyl (C=O) groups is 5. The van der Waals surface area contributed by atoms with E-state index in [9.17, 15) is 34.2 Å². The molecule has 1 aromatic rings. The number of thiol groups is 1. The number of carboxylic acids is 1. The monoisotopic (exact) mass is 497 g/mol. The molecule has 0 saturated heterocycles. The molecule has 9 N–H and O–H groups in total. The second kappa shape index (κ2) is 13.4. The molecule has 0 bridgehead atoms. The number of rotatable bonds is 13. The van der Waals surface area contributed by atoms with Crippen molar-refractivity contribution in [1.82, 2.24) is 16.0 Å². The summed E-state index contributed by atoms with van der Waals surface area (Å²) >= 11 is 4.08. The van der Waals surface area contributed by atoms with Gasteiger partial charge >= 0.3 is 5.97 Å². The van der Waals surface area contributed by atoms with Crippen molar-refractivity contribution < 1.29 is 34.2 Å². The number of carbonyl (C=O) groups excluding carboxylic acids is 4. The minimum Gasteiger partial charge on any atom is -0.508 e. The molecule has 0 aliphatic rings. The molecule has 4 unspecified atom stereocenters. The van der Waals surface area contributed by atoms with Crippen LogP contribution in [0.1, 0.15) is 25.8 Å². The highest BCUT2D eigenvalue weighted by atomic mass is 32.1. The Labute approximate surface area is 202 Å². The summed E-state index contributed by atoms with van der Waals surface area (Å²) in [6, 6.07) is 0.900. The van der Waals surface area contributed by atoms with Gasteiger partial charge in [0.05, 0.1) is 12.5 Å². The van der Waals surface area contributed by atoms with E-state index in [2.05, 4.69) is 28.6 Å². The van der Waals surface area contributed by atoms with Crippen molar-refractivity contribution in [3.8, 4) is 5.75 Å². The lowest BCUT2D eigenvalue weighted by Gasteiger charge is -2.25. The summed E-state index contributed by atoms with van der Waals surface area (Å²) in [5.41, 5.74) is 11.4. The van der Waals surface area contributed by atoms with Gasteiger partial charge in [-0.25, -0.2) is 4.79 Å². The average molecular weight is 498 g/mol. The highest BCUT2D eigenvalue weighted by Crippen LogP contribution is 2.12. The van der Waals surface area contributed by atoms with Crippen LogP contribution < -0.4 is 27.4 Å². The molecule has 1 aromatic carbocycles. The third kappa shape index (κ3) is 9.27. The van der Waals surface area contributed by atoms with Gasteiger partial charge in [-0.2, -0.15) is 12.6 Å². The highest BCUT2D eigenvalue weighted by Gasteiger charge is 2.31. The Morgan fingerprint density at radius 1 is 0.912 bits per heavy atom. The van der Waals surface area contributed by atoms with E-state index < -0.39 is 60.2 Å². The first-order chi connectivity index (χ1) is 15.8. The fourth-order valence-electron chi connectivity index (χ4n) is 2.79. The van der Waals surface area contributed by atoms with Crippen LogP contribution in [0.4, 0.5) is 0 Å². The van der Waals surface area contributed by atoms with E-state index in [0.29, 0.717) is 5.56 Å². The lowest BCUT2D eigenvalue weighted by molar-refractivity contribution is -0.143. The summed E-state index contributed by atoms with van der Waals surface area (Å²) in [6.45, 7) is 3.48. The maximum absolute atomic E-state index is 12.9. The quantitative estimate of drug-likeness (QED) is 0.146. The number of amides is 4. The predicted molar refractivity (Wildman–Crippen MR) is 126 cm³/mol. The lowest BCUT2D eigenvalue weighted by atomic mass is 10.0. The third-order valence-electron chi connectivity index (χ3n) is 4.87. The van der Waals surface area contributed by atoms with Gasteiger partial charge in [0, 0.05) is 12.2 Å². The van der Waals surface area contributed by atoms with Crippen molar-refractivity contribution in [2.24, 2.45) is 17.4 Å². The first-order valence-electron chi connectivity index (χ1n) is 10.4. The van der Waals surface area contributed by atoms with Gasteiger partial charge in [0.2, 0.25) is 23.6 Å². The van der Waals surface area contributed by atoms with E-state index in [1.54, 1.807) is 13.8 Å². The van der Waals surface area contributed by atoms with E-state index in [4.69, 9.17) is 11.5 Å². The smallest absolute Gasteiger partial charge is 0.326 e. The Balaban J connectivity index is 3.08. The Kier molecular flexibility index (Phi) is 11.3. The van der Waals surface area contributed by atoms with Crippen molar-refractivity contribution in [3.63, 3.8) is 0 Å². The molecule has 0 radical (unpaired) electrons. The molecule has 188 valence electrons. The number of hydrogen-bond donors (Lipinski definition) is 8. The summed E-state index contributed by atoms with van der Waals surface area (Å²) < 4.78 is 0. The first kappa shape index (κ1) is 28.7. The van der Waals surface area contributed by atoms with E-state index in [0.717, 1.165) is 0 Å². The number of nitrogens with two attached hydrogens (primary N) is 2. The average Bonchev–Trinajstić information content (AvgIpc) is 2.76. The van der Waals surface area contributed by atoms with Crippen LogP contribution in [0.3, 0.4) is 0 Å². The molecule has 12 nitrogen and oxygen atoms in total. The van der Waals surface area contributed by atoms with Crippen LogP contribution in [0.2, 0.25) is 0 Å². The van der Waals surface area contributed by atoms with Crippen molar-refractivity contribution in [1.29, 1.82) is 0 Å². The maximum atomic E-state index is 12.9. The predicted octanol–water partition coefficient (Wildman–Crippen LogP) is -1.74. The largest absolute Gasteiger partial charge is 0.508 e. The van der Waals surface area contributed by atoms with Crippen molar-refractivity contribution >= 4 is 42.2 Å². The normalized spacial score (nSPS) is 14.4. The summed E-state index contributed by atoms with van der Waals surface area (Å²) in [4.78, 5) is 60.5. The summed E-state index contributed by atoms with van der Waals surface area (Å²) in [5, 5.41) is 25.9. The highest BCUT2D eigenvalue weighted by molar-refractivity contribution is 7.80. The standard InChI is InChI=1S/C21H31N5O7S/c1-10(2)17(23)20(31)26-15(9-34)19(30)24-13(7-11-3-5-12(27)6-4-11)18(29)25-14(21(32)33)8-16(22)28/h3-6,10,13-15,17,27,34H,7-9,23H2,1-2H3,(H2,22,28)(H,24,30)(H,25,29)(H,26,31)(H,32,33). The molecular formula is C21H31N5O7S. The second-order valence-electron chi connectivity index (χ2n) is 8.02. The number of nitrogens with one attached hydrogen (secondary N) is 3. The van der Waals surface area contributed by atoms with Crippen LogP contribution in [0.5, 0.6) is 5.75 Å². The zero-order chi connectivity index (χ0) is 26.0. The topological polar surface area (TPSA) is 214 Å². The Morgan fingerprint density at radius 2 is 1.41 bits per heavy atom. The minimum atomic E-state index is -1.60. The number of benzene rings is 1. The van der Waals surface area contributed by atoms with Crippen LogP contribution in [0, 0.1) is 5.92 Å². The van der Waals surface area contributed by atoms with E-state index in [-0.39, 0.29) is 23.8 Å². The lowest BCUT2D eigenvalue weighted by Crippen LogP contribution is -2.58. The Bertz CT molecular complexity index is 894. The van der Waals surface area contributed by atoms with Gasteiger partial charge in [0.25, 0.3) is 0 Å². The molecule has 1 rings (SSSR count). The van der Waals surface area contributed by atoms with Gasteiger partial charge in [-0.05, 0) is 23.6 Å². The van der Waals surface area contributed by atoms with Gasteiger partial charge < -0.3 is 37.6 Å². The number of aliphatic carboxylic acids is 1. The molecule has 0 heterocycles. The molecule has 4 amide bonds. The van der Waals surface area contributed by atoms with Crippen LogP contribution in [0.15, 0.2) is 24.3 Å². The number of hydrogen-bond acceptors (Lipinski definition) is 8. The minimum absolute atomic E-state index is 0.0134. The van der Waals surface area contributed by atoms with Crippen LogP contribution >= 0.6 is 12.6 Å². The summed E-state index contributed by atoms with van der Waals surface area (Å²) in [7, 11) is 0. The van der Waals surface area contributed by atoms with Crippen LogP contribution in [0.25, 0.3) is 0 Å². The fourth-order valence-corrected chi connectivity index (χ4v) is 3.04. The molecule has 0 spiro atoms. The zero-order valence-electron chi connectivity index (χ0n) is 18.9. The van der Waals surface area contributed by atoms with Gasteiger partial charge in [-0.15, -0.1) is 0 Å². The van der Waals surface area contributed by atoms with Crippen LogP contribution in [-0.4, -0.2) is 69.7 Å². The number of phenols is 1. The fraction of sp³-hybridized carbons (Fsp3) is 0.476. The molecule has 13 heteroatoms.